The Kier molecular flexibility index (Phi) is 13.9. The maximum atomic E-state index is 12.9. The molecule has 1 aromatic heterocycles. The predicted octanol–water partition coefficient (Wildman–Crippen LogP) is 2.34. The molecular weight excluding hydrogens is 574 g/mol. The van der Waals surface area contributed by atoms with Gasteiger partial charge in [-0.2, -0.15) is 0 Å². The van der Waals surface area contributed by atoms with Crippen LogP contribution in [0.15, 0.2) is 36.4 Å². The van der Waals surface area contributed by atoms with Crippen LogP contribution in [0.2, 0.25) is 0 Å². The Bertz CT molecular complexity index is 1350. The summed E-state index contributed by atoms with van der Waals surface area (Å²) >= 11 is 0. The number of hydrogen-bond donors (Lipinski definition) is 6. The van der Waals surface area contributed by atoms with Crippen molar-refractivity contribution in [1.82, 2.24) is 26.0 Å². The molecule has 14 nitrogen and oxygen atoms in total. The van der Waals surface area contributed by atoms with Crippen molar-refractivity contribution in [3.63, 3.8) is 0 Å². The van der Waals surface area contributed by atoms with E-state index < -0.39 is 54.1 Å². The van der Waals surface area contributed by atoms with Crippen molar-refractivity contribution in [3.8, 4) is 11.3 Å². The maximum absolute atomic E-state index is 12.9. The molecule has 0 aliphatic carbocycles. The van der Waals surface area contributed by atoms with Crippen molar-refractivity contribution < 1.29 is 44.2 Å². The molecule has 44 heavy (non-hydrogen) atoms. The molecule has 3 atom stereocenters. The fourth-order valence-electron chi connectivity index (χ4n) is 4.69. The van der Waals surface area contributed by atoms with E-state index in [0.29, 0.717) is 34.7 Å². The summed E-state index contributed by atoms with van der Waals surface area (Å²) < 4.78 is 0. The summed E-state index contributed by atoms with van der Waals surface area (Å²) in [5, 5.41) is 36.0. The first-order valence-electron chi connectivity index (χ1n) is 14.2. The van der Waals surface area contributed by atoms with Gasteiger partial charge in [0.05, 0.1) is 30.7 Å². The van der Waals surface area contributed by atoms with Gasteiger partial charge in [-0.25, -0.2) is 14.8 Å². The van der Waals surface area contributed by atoms with E-state index in [2.05, 4.69) is 20.9 Å². The molecule has 0 bridgehead atoms. The Hall–Kier alpha value is -4.85. The average molecular weight is 614 g/mol. The van der Waals surface area contributed by atoms with Crippen molar-refractivity contribution >= 4 is 36.1 Å². The number of unbranched alkanes of at least 4 members (excludes halogenated alkanes) is 2. The maximum Gasteiger partial charge on any atom is 0.326 e. The van der Waals surface area contributed by atoms with Gasteiger partial charge in [-0.05, 0) is 49.6 Å². The fraction of sp³-hybridized carbons (Fsp3) is 0.433. The quantitative estimate of drug-likeness (QED) is 0.0474. The monoisotopic (exact) mass is 613 g/mol. The van der Waals surface area contributed by atoms with Crippen LogP contribution < -0.4 is 16.0 Å². The largest absolute Gasteiger partial charge is 0.481 e. The lowest BCUT2D eigenvalue weighted by molar-refractivity contribution is -0.168. The lowest BCUT2D eigenvalue weighted by Gasteiger charge is -2.29. The van der Waals surface area contributed by atoms with E-state index in [1.54, 1.807) is 38.1 Å². The molecule has 0 aliphatic rings. The van der Waals surface area contributed by atoms with Crippen molar-refractivity contribution in [1.29, 1.82) is 0 Å². The van der Waals surface area contributed by atoms with E-state index in [-0.39, 0.29) is 24.3 Å². The zero-order valence-electron chi connectivity index (χ0n) is 24.9. The molecule has 0 radical (unpaired) electrons. The second kappa shape index (κ2) is 17.3. The summed E-state index contributed by atoms with van der Waals surface area (Å²) in [5.74, 6) is -5.23. The van der Waals surface area contributed by atoms with Crippen LogP contribution >= 0.6 is 0 Å². The van der Waals surface area contributed by atoms with Gasteiger partial charge in [0.25, 0.3) is 11.8 Å². The standard InChI is InChI=1S/C30H39N5O9/c1-4-6-7-9-21(25(5-2)35(44)17-36)27(39)31-16-32-29(41)23-11-8-10-22(33-23)19-12-13-20(18(3)14-19)28(40)34-24(30(42)43)15-26(37)38/h8,10-14,17,21,24-25,44H,4-7,9,15-16H2,1-3H3,(H,31,39)(H,32,41)(H,34,40)(H,37,38)(H,42,43). The lowest BCUT2D eigenvalue weighted by atomic mass is 9.90. The van der Waals surface area contributed by atoms with Crippen molar-refractivity contribution in [2.45, 2.75) is 71.4 Å². The number of hydrogen-bond acceptors (Lipinski definition) is 8. The number of hydroxylamine groups is 2. The summed E-state index contributed by atoms with van der Waals surface area (Å²) in [6, 6.07) is 7.08. The number of rotatable bonds is 18. The molecule has 0 spiro atoms. The number of nitrogens with one attached hydrogen (secondary N) is 3. The topological polar surface area (TPSA) is 215 Å². The van der Waals surface area contributed by atoms with Crippen LogP contribution in [0.25, 0.3) is 11.3 Å². The molecule has 0 fully saturated rings. The highest BCUT2D eigenvalue weighted by Crippen LogP contribution is 2.22. The second-order valence-corrected chi connectivity index (χ2v) is 10.2. The zero-order chi connectivity index (χ0) is 32.8. The zero-order valence-corrected chi connectivity index (χ0v) is 24.9. The lowest BCUT2D eigenvalue weighted by Crippen LogP contribution is -2.47. The smallest absolute Gasteiger partial charge is 0.326 e. The van der Waals surface area contributed by atoms with Gasteiger partial charge in [0.1, 0.15) is 11.7 Å². The Morgan fingerprint density at radius 3 is 2.32 bits per heavy atom. The highest BCUT2D eigenvalue weighted by atomic mass is 16.5. The number of benzene rings is 1. The minimum atomic E-state index is -1.60. The second-order valence-electron chi connectivity index (χ2n) is 10.2. The van der Waals surface area contributed by atoms with Gasteiger partial charge >= 0.3 is 11.9 Å². The molecule has 6 N–H and O–H groups in total. The molecule has 0 saturated carbocycles. The van der Waals surface area contributed by atoms with E-state index in [0.717, 1.165) is 19.3 Å². The van der Waals surface area contributed by atoms with E-state index in [9.17, 15) is 39.1 Å². The molecule has 2 rings (SSSR count). The third kappa shape index (κ3) is 10.2. The molecule has 1 aromatic carbocycles. The highest BCUT2D eigenvalue weighted by molar-refractivity contribution is 5.99. The number of pyridine rings is 1. The van der Waals surface area contributed by atoms with Crippen LogP contribution in [0.1, 0.15) is 78.8 Å². The van der Waals surface area contributed by atoms with Gasteiger partial charge in [0.2, 0.25) is 12.3 Å². The van der Waals surface area contributed by atoms with E-state index >= 15 is 0 Å². The summed E-state index contributed by atoms with van der Waals surface area (Å²) in [6.07, 6.45) is 2.88. The molecule has 4 amide bonds. The average Bonchev–Trinajstić information content (AvgIpc) is 2.99. The van der Waals surface area contributed by atoms with Crippen LogP contribution in [0.5, 0.6) is 0 Å². The van der Waals surface area contributed by atoms with Gasteiger partial charge in [0.15, 0.2) is 0 Å². The van der Waals surface area contributed by atoms with Crippen molar-refractivity contribution in [2.24, 2.45) is 5.92 Å². The first-order valence-corrected chi connectivity index (χ1v) is 14.2. The summed E-state index contributed by atoms with van der Waals surface area (Å²) in [4.78, 5) is 76.1. The molecule has 0 saturated heterocycles. The fourth-order valence-corrected chi connectivity index (χ4v) is 4.69. The third-order valence-corrected chi connectivity index (χ3v) is 7.03. The molecular formula is C30H39N5O9. The number of nitrogens with zero attached hydrogens (tertiary/aromatic N) is 2. The number of amides is 4. The van der Waals surface area contributed by atoms with Crippen LogP contribution in [0.4, 0.5) is 0 Å². The molecule has 2 aromatic rings. The predicted molar refractivity (Wildman–Crippen MR) is 157 cm³/mol. The Balaban J connectivity index is 2.09. The summed E-state index contributed by atoms with van der Waals surface area (Å²) in [6.45, 7) is 5.20. The van der Waals surface area contributed by atoms with Gasteiger partial charge in [-0.1, -0.05) is 45.2 Å². The number of aryl methyl sites for hydroxylation is 1. The number of carboxylic acid groups (broad SMARTS) is 2. The Morgan fingerprint density at radius 2 is 1.73 bits per heavy atom. The van der Waals surface area contributed by atoms with Crippen molar-refractivity contribution in [3.05, 3.63) is 53.2 Å². The Morgan fingerprint density at radius 1 is 1.00 bits per heavy atom. The van der Waals surface area contributed by atoms with E-state index in [1.165, 1.54) is 12.1 Å². The SMILES string of the molecule is CCCCCC(C(=O)NCNC(=O)c1cccc(-c2ccc(C(=O)NC(CC(=O)O)C(=O)O)c(C)c2)n1)C(CC)N(O)C=O. The number of carbonyl (C=O) groups excluding carboxylic acids is 4. The number of aliphatic carboxylic acids is 2. The number of aromatic nitrogens is 1. The van der Waals surface area contributed by atoms with E-state index in [4.69, 9.17) is 5.11 Å². The van der Waals surface area contributed by atoms with Crippen LogP contribution in [-0.4, -0.2) is 80.3 Å². The number of carbonyl (C=O) groups is 6. The van der Waals surface area contributed by atoms with Crippen LogP contribution in [-0.2, 0) is 19.2 Å². The van der Waals surface area contributed by atoms with E-state index in [1.807, 2.05) is 6.92 Å². The van der Waals surface area contributed by atoms with Crippen LogP contribution in [0.3, 0.4) is 0 Å². The number of carboxylic acids is 2. The molecule has 1 heterocycles. The third-order valence-electron chi connectivity index (χ3n) is 7.03. The summed E-state index contributed by atoms with van der Waals surface area (Å²) in [5.41, 5.74) is 1.64. The van der Waals surface area contributed by atoms with Gasteiger partial charge < -0.3 is 26.2 Å². The van der Waals surface area contributed by atoms with Gasteiger partial charge in [-0.15, -0.1) is 0 Å². The molecule has 0 aliphatic heterocycles. The van der Waals surface area contributed by atoms with Gasteiger partial charge in [0, 0.05) is 11.1 Å². The minimum Gasteiger partial charge on any atom is -0.481 e. The van der Waals surface area contributed by atoms with Crippen molar-refractivity contribution in [2.75, 3.05) is 6.67 Å². The molecule has 3 unspecified atom stereocenters. The summed E-state index contributed by atoms with van der Waals surface area (Å²) in [7, 11) is 0. The minimum absolute atomic E-state index is 0.0580. The molecule has 14 heteroatoms. The Labute approximate surface area is 254 Å². The van der Waals surface area contributed by atoms with Crippen LogP contribution in [0, 0.1) is 12.8 Å². The first-order chi connectivity index (χ1) is 20.9. The first kappa shape index (κ1) is 35.3. The normalized spacial score (nSPS) is 12.7. The van der Waals surface area contributed by atoms with Gasteiger partial charge in [-0.3, -0.25) is 29.2 Å². The highest BCUT2D eigenvalue weighted by Gasteiger charge is 2.30. The molecule has 238 valence electrons.